The molecule has 5 rings (SSSR count). The molecule has 9 heteroatoms. The van der Waals surface area contributed by atoms with Gasteiger partial charge in [-0.05, 0) is 49.7 Å². The van der Waals surface area contributed by atoms with Crippen LogP contribution in [0.4, 0.5) is 11.4 Å². The quantitative estimate of drug-likeness (QED) is 0.0932. The van der Waals surface area contributed by atoms with E-state index >= 15 is 0 Å². The number of benzene rings is 4. The van der Waals surface area contributed by atoms with E-state index in [9.17, 15) is 9.90 Å². The predicted molar refractivity (Wildman–Crippen MR) is 179 cm³/mol. The summed E-state index contributed by atoms with van der Waals surface area (Å²) in [5, 5.41) is 14.1. The molecule has 0 saturated heterocycles. The van der Waals surface area contributed by atoms with Crippen LogP contribution in [-0.4, -0.2) is 55.7 Å². The van der Waals surface area contributed by atoms with Gasteiger partial charge in [0, 0.05) is 85.9 Å². The monoisotopic (exact) mass is 624 g/mol. The second-order valence-corrected chi connectivity index (χ2v) is 13.8. The van der Waals surface area contributed by atoms with Crippen molar-refractivity contribution >= 4 is 37.1 Å². The zero-order valence-corrected chi connectivity index (χ0v) is 27.5. The van der Waals surface area contributed by atoms with E-state index in [0.717, 1.165) is 59.3 Å². The third kappa shape index (κ3) is 6.57. The van der Waals surface area contributed by atoms with Crippen molar-refractivity contribution in [3.63, 3.8) is 0 Å². The summed E-state index contributed by atoms with van der Waals surface area (Å²) in [6, 6.07) is 30.1. The smallest absolute Gasteiger partial charge is 0.500 e. The molecule has 3 aromatic rings. The summed E-state index contributed by atoms with van der Waals surface area (Å²) in [4.78, 5) is 14.5. The molecule has 0 amide bonds. The van der Waals surface area contributed by atoms with E-state index in [4.69, 9.17) is 17.7 Å². The standard InChI is InChI=1S/C36H40N2O6Si/c1-6-37(22-13-23-45(41-3,42-4)43-5)27-18-20-31-33(24-27)44-34-25-28(38(7-2)26-14-9-8-10-15-26)19-21-32(34)35(31)29-16-11-12-17-30(29)36(39)40/h8-12,14-21,24-25H,6-7,13,22-23H2,1-5H3. The lowest BCUT2D eigenvalue weighted by Crippen LogP contribution is -2.43. The molecule has 0 N–H and O–H groups in total. The van der Waals surface area contributed by atoms with Gasteiger partial charge in [0.1, 0.15) is 24.4 Å². The van der Waals surface area contributed by atoms with Gasteiger partial charge in [0.2, 0.25) is 5.36 Å². The highest BCUT2D eigenvalue weighted by Crippen LogP contribution is 2.42. The topological polar surface area (TPSA) is 87.2 Å². The number of hydrogen-bond donors (Lipinski definition) is 0. The number of aromatic carboxylic acids is 1. The molecule has 0 fully saturated rings. The zero-order chi connectivity index (χ0) is 32.0. The molecule has 0 aromatic heterocycles. The molecule has 3 aromatic carbocycles. The summed E-state index contributed by atoms with van der Waals surface area (Å²) >= 11 is 0. The Morgan fingerprint density at radius 3 is 2.22 bits per heavy atom. The summed E-state index contributed by atoms with van der Waals surface area (Å²) < 4.78 is 25.8. The van der Waals surface area contributed by atoms with Gasteiger partial charge in [0.25, 0.3) is 0 Å². The van der Waals surface area contributed by atoms with Gasteiger partial charge >= 0.3 is 8.80 Å². The number of hydrogen-bond acceptors (Lipinski definition) is 7. The molecule has 0 bridgehead atoms. The van der Waals surface area contributed by atoms with Gasteiger partial charge in [-0.1, -0.05) is 42.5 Å². The molecule has 45 heavy (non-hydrogen) atoms. The zero-order valence-electron chi connectivity index (χ0n) is 26.5. The van der Waals surface area contributed by atoms with E-state index in [0.29, 0.717) is 23.0 Å². The molecule has 0 unspecified atom stereocenters. The molecule has 0 spiro atoms. The second kappa shape index (κ2) is 14.2. The van der Waals surface area contributed by atoms with Crippen LogP contribution in [0.15, 0.2) is 95.4 Å². The van der Waals surface area contributed by atoms with Crippen molar-refractivity contribution in [1.82, 2.24) is 4.58 Å². The normalized spacial score (nSPS) is 12.5. The van der Waals surface area contributed by atoms with Crippen LogP contribution in [0, 0.1) is 0 Å². The summed E-state index contributed by atoms with van der Waals surface area (Å²) in [6.07, 6.45) is 0.822. The molecular formula is C36H40N2O6Si. The Morgan fingerprint density at radius 1 is 0.844 bits per heavy atom. The molecule has 234 valence electrons. The summed E-state index contributed by atoms with van der Waals surface area (Å²) in [5.74, 6) is -0.557. The third-order valence-corrected chi connectivity index (χ3v) is 11.2. The van der Waals surface area contributed by atoms with Crippen LogP contribution in [0.2, 0.25) is 6.04 Å². The fraction of sp³-hybridized carbons (Fsp3) is 0.278. The van der Waals surface area contributed by atoms with Crippen molar-refractivity contribution in [2.45, 2.75) is 26.3 Å². The maximum absolute atomic E-state index is 12.3. The average molecular weight is 625 g/mol. The first-order valence-electron chi connectivity index (χ1n) is 15.3. The van der Waals surface area contributed by atoms with Crippen LogP contribution >= 0.6 is 0 Å². The van der Waals surface area contributed by atoms with Crippen LogP contribution in [0.25, 0.3) is 33.4 Å². The van der Waals surface area contributed by atoms with Crippen molar-refractivity contribution in [2.24, 2.45) is 0 Å². The lowest BCUT2D eigenvalue weighted by Gasteiger charge is -2.24. The van der Waals surface area contributed by atoms with E-state index in [-0.39, 0.29) is 5.56 Å². The van der Waals surface area contributed by atoms with E-state index in [1.54, 1.807) is 33.5 Å². The molecule has 1 aliphatic carbocycles. The first-order valence-corrected chi connectivity index (χ1v) is 17.2. The lowest BCUT2D eigenvalue weighted by atomic mass is 9.90. The summed E-state index contributed by atoms with van der Waals surface area (Å²) in [6.45, 7) is 6.55. The highest BCUT2D eigenvalue weighted by atomic mass is 28.4. The number of para-hydroxylation sites is 1. The number of carboxylic acids is 1. The highest BCUT2D eigenvalue weighted by Gasteiger charge is 2.37. The van der Waals surface area contributed by atoms with Crippen LogP contribution in [0.3, 0.4) is 0 Å². The van der Waals surface area contributed by atoms with Gasteiger partial charge < -0.3 is 32.5 Å². The highest BCUT2D eigenvalue weighted by molar-refractivity contribution is 6.60. The molecule has 1 aliphatic heterocycles. The lowest BCUT2D eigenvalue weighted by molar-refractivity contribution is -0.254. The largest absolute Gasteiger partial charge is 0.545 e. The predicted octanol–water partition coefficient (Wildman–Crippen LogP) is 5.79. The minimum absolute atomic E-state index is 0.135. The SMILES string of the molecule is CCN(c1ccccc1)c1ccc2c(-c3ccccc3C(=O)[O-])c3ccc(=[N+](CC)CCC[Si](OC)(OC)OC)cc-3oc2c1. The van der Waals surface area contributed by atoms with Gasteiger partial charge in [-0.3, -0.25) is 0 Å². The van der Waals surface area contributed by atoms with E-state index in [2.05, 4.69) is 47.6 Å². The van der Waals surface area contributed by atoms with Crippen molar-refractivity contribution in [1.29, 1.82) is 0 Å². The van der Waals surface area contributed by atoms with Crippen LogP contribution in [0.1, 0.15) is 30.6 Å². The fourth-order valence-electron chi connectivity index (χ4n) is 6.04. The first kappa shape index (κ1) is 32.1. The minimum atomic E-state index is -2.68. The summed E-state index contributed by atoms with van der Waals surface area (Å²) in [7, 11) is 2.22. The number of fused-ring (bicyclic) bond motifs is 2. The molecule has 0 saturated carbocycles. The van der Waals surface area contributed by atoms with Crippen molar-refractivity contribution < 1.29 is 27.6 Å². The van der Waals surface area contributed by atoms with Gasteiger partial charge in [0.05, 0.1) is 12.0 Å². The average Bonchev–Trinajstić information content (AvgIpc) is 3.08. The maximum Gasteiger partial charge on any atom is 0.500 e. The molecule has 1 heterocycles. The number of nitrogens with zero attached hydrogens (tertiary/aromatic N) is 2. The Labute approximate surface area is 265 Å². The van der Waals surface area contributed by atoms with Gasteiger partial charge in [-0.25, -0.2) is 4.58 Å². The van der Waals surface area contributed by atoms with Gasteiger partial charge in [0.15, 0.2) is 0 Å². The third-order valence-electron chi connectivity index (χ3n) is 8.39. The molecular weight excluding hydrogens is 584 g/mol. The Kier molecular flexibility index (Phi) is 10.1. The van der Waals surface area contributed by atoms with Crippen molar-refractivity contribution in [3.05, 3.63) is 102 Å². The van der Waals surface area contributed by atoms with Gasteiger partial charge in [-0.2, -0.15) is 0 Å². The molecule has 0 radical (unpaired) electrons. The van der Waals surface area contributed by atoms with Crippen molar-refractivity contribution in [2.75, 3.05) is 45.9 Å². The van der Waals surface area contributed by atoms with Gasteiger partial charge in [-0.15, -0.1) is 0 Å². The van der Waals surface area contributed by atoms with E-state index in [1.807, 2.05) is 54.6 Å². The molecule has 0 atom stereocenters. The minimum Gasteiger partial charge on any atom is -0.545 e. The number of anilines is 2. The molecule has 2 aliphatic rings. The number of carbonyl (C=O) groups excluding carboxylic acids is 1. The Hall–Kier alpha value is -4.28. The van der Waals surface area contributed by atoms with Crippen LogP contribution < -0.4 is 19.9 Å². The van der Waals surface area contributed by atoms with Crippen LogP contribution in [-0.2, 0) is 13.3 Å². The van der Waals surface area contributed by atoms with Crippen molar-refractivity contribution in [3.8, 4) is 22.5 Å². The number of carbonyl (C=O) groups is 1. The summed E-state index contributed by atoms with van der Waals surface area (Å²) in [5.41, 5.74) is 5.06. The Morgan fingerprint density at radius 2 is 1.56 bits per heavy atom. The second-order valence-electron chi connectivity index (χ2n) is 10.7. The van der Waals surface area contributed by atoms with E-state index in [1.165, 1.54) is 0 Å². The fourth-order valence-corrected chi connectivity index (χ4v) is 7.74. The van der Waals surface area contributed by atoms with E-state index < -0.39 is 14.8 Å². The maximum atomic E-state index is 12.3. The number of carboxylic acid groups (broad SMARTS) is 1. The Balaban J connectivity index is 1.70. The Bertz CT molecular complexity index is 1810. The first-order chi connectivity index (χ1) is 21.9. The van der Waals surface area contributed by atoms with Crippen LogP contribution in [0.5, 0.6) is 0 Å². The number of rotatable bonds is 13. The molecule has 8 nitrogen and oxygen atoms in total.